The number of carbonyl (C=O) groups is 2. The first-order chi connectivity index (χ1) is 18.1. The summed E-state index contributed by atoms with van der Waals surface area (Å²) in [5.74, 6) is 3.76. The lowest BCUT2D eigenvalue weighted by atomic mass is 9.90. The molecule has 0 bridgehead atoms. The van der Waals surface area contributed by atoms with Crippen LogP contribution in [0.15, 0.2) is 42.5 Å². The van der Waals surface area contributed by atoms with Crippen molar-refractivity contribution in [2.24, 2.45) is 5.92 Å². The molecule has 0 atom stereocenters. The minimum Gasteiger partial charge on any atom is -0.340 e. The first kappa shape index (κ1) is 24.0. The molecule has 3 aliphatic rings. The van der Waals surface area contributed by atoms with Crippen molar-refractivity contribution in [2.75, 3.05) is 21.7 Å². The third kappa shape index (κ3) is 5.34. The highest BCUT2D eigenvalue weighted by molar-refractivity contribution is 7.98. The number of aryl methyl sites for hydroxylation is 2. The molecule has 190 valence electrons. The van der Waals surface area contributed by atoms with Crippen LogP contribution in [0.4, 0.5) is 28.8 Å². The first-order valence-electron chi connectivity index (χ1n) is 13.2. The van der Waals surface area contributed by atoms with Gasteiger partial charge in [-0.15, -0.1) is 0 Å². The molecule has 1 amide bonds. The summed E-state index contributed by atoms with van der Waals surface area (Å²) in [5.41, 5.74) is 6.75. The molecule has 1 aromatic heterocycles. The largest absolute Gasteiger partial charge is 0.340 e. The summed E-state index contributed by atoms with van der Waals surface area (Å²) in [6, 6.07) is 13.7. The van der Waals surface area contributed by atoms with Gasteiger partial charge in [0.1, 0.15) is 5.82 Å². The molecule has 0 radical (unpaired) electrons. The molecule has 2 aromatic carbocycles. The predicted octanol–water partition coefficient (Wildman–Crippen LogP) is 6.40. The molecular formula is C29H31N5O2S. The van der Waals surface area contributed by atoms with Gasteiger partial charge < -0.3 is 16.0 Å². The van der Waals surface area contributed by atoms with Crippen molar-refractivity contribution in [1.29, 1.82) is 0 Å². The molecule has 3 aromatic rings. The summed E-state index contributed by atoms with van der Waals surface area (Å²) in [6.07, 6.45) is 7.62. The summed E-state index contributed by atoms with van der Waals surface area (Å²) in [6.45, 7) is 0. The predicted molar refractivity (Wildman–Crippen MR) is 149 cm³/mol. The number of thioether (sulfide) groups is 1. The van der Waals surface area contributed by atoms with Gasteiger partial charge in [-0.2, -0.15) is 16.7 Å². The van der Waals surface area contributed by atoms with Gasteiger partial charge >= 0.3 is 0 Å². The molecule has 1 saturated carbocycles. The Morgan fingerprint density at radius 1 is 0.865 bits per heavy atom. The van der Waals surface area contributed by atoms with Gasteiger partial charge in [-0.05, 0) is 85.9 Å². The van der Waals surface area contributed by atoms with E-state index in [2.05, 4.69) is 22.0 Å². The minimum absolute atomic E-state index is 0.127. The van der Waals surface area contributed by atoms with Crippen LogP contribution in [0.5, 0.6) is 0 Å². The highest BCUT2D eigenvalue weighted by Crippen LogP contribution is 2.33. The van der Waals surface area contributed by atoms with E-state index in [0.29, 0.717) is 12.4 Å². The number of fused-ring (bicyclic) bond motifs is 2. The van der Waals surface area contributed by atoms with Crippen LogP contribution in [0.3, 0.4) is 0 Å². The number of amides is 1. The Morgan fingerprint density at radius 3 is 2.49 bits per heavy atom. The van der Waals surface area contributed by atoms with E-state index in [9.17, 15) is 9.59 Å². The van der Waals surface area contributed by atoms with Crippen LogP contribution in [-0.2, 0) is 23.4 Å². The van der Waals surface area contributed by atoms with E-state index < -0.39 is 0 Å². The Morgan fingerprint density at radius 2 is 1.65 bits per heavy atom. The Hall–Kier alpha value is -3.39. The summed E-state index contributed by atoms with van der Waals surface area (Å²) in [7, 11) is 0. The number of rotatable bonds is 6. The van der Waals surface area contributed by atoms with E-state index >= 15 is 0 Å². The third-order valence-corrected chi connectivity index (χ3v) is 8.46. The van der Waals surface area contributed by atoms with Crippen LogP contribution in [0, 0.1) is 5.92 Å². The van der Waals surface area contributed by atoms with Crippen molar-refractivity contribution in [2.45, 2.75) is 57.1 Å². The number of carbonyl (C=O) groups excluding carboxylic acids is 2. The number of hydrogen-bond donors (Lipinski definition) is 3. The number of Topliss-reactive ketones (excluding diaryl/α,β-unsaturated/α-hetero) is 1. The van der Waals surface area contributed by atoms with Gasteiger partial charge in [-0.1, -0.05) is 12.8 Å². The van der Waals surface area contributed by atoms with Crippen molar-refractivity contribution in [3.8, 4) is 0 Å². The number of benzene rings is 2. The number of nitrogens with zero attached hydrogens (tertiary/aromatic N) is 2. The Bertz CT molecular complexity index is 1330. The maximum atomic E-state index is 12.5. The van der Waals surface area contributed by atoms with Gasteiger partial charge in [0.05, 0.1) is 5.69 Å². The molecule has 7 nitrogen and oxygen atoms in total. The molecule has 6 rings (SSSR count). The fourth-order valence-electron chi connectivity index (χ4n) is 5.45. The molecule has 1 aliphatic heterocycles. The standard InChI is InChI=1S/C29H31N5O2S/c35-26-7-3-6-19-16-22(12-13-23(19)26)32-29-33-25-14-15-37-17-24(25)27(34-29)30-20-8-10-21(11-9-20)31-28(36)18-4-1-2-5-18/h8-13,16,18H,1-7,14-15,17H2,(H,31,36)(H2,30,32,33,34). The van der Waals surface area contributed by atoms with Crippen LogP contribution >= 0.6 is 11.8 Å². The van der Waals surface area contributed by atoms with Gasteiger partial charge in [-0.25, -0.2) is 4.98 Å². The van der Waals surface area contributed by atoms with Crippen molar-refractivity contribution < 1.29 is 9.59 Å². The molecular weight excluding hydrogens is 482 g/mol. The SMILES string of the molecule is O=C1CCCc2cc(Nc3nc4c(c(Nc5ccc(NC(=O)C6CCCC6)cc5)n3)CSCC4)ccc21. The molecule has 1 fully saturated rings. The van der Waals surface area contributed by atoms with E-state index in [1.165, 1.54) is 0 Å². The Labute approximate surface area is 221 Å². The summed E-state index contributed by atoms with van der Waals surface area (Å²) >= 11 is 1.89. The summed E-state index contributed by atoms with van der Waals surface area (Å²) < 4.78 is 0. The van der Waals surface area contributed by atoms with Crippen molar-refractivity contribution >= 4 is 52.3 Å². The second-order valence-corrected chi connectivity index (χ2v) is 11.2. The van der Waals surface area contributed by atoms with Gasteiger partial charge in [0.15, 0.2) is 5.78 Å². The van der Waals surface area contributed by atoms with E-state index in [4.69, 9.17) is 9.97 Å². The third-order valence-electron chi connectivity index (χ3n) is 7.48. The fraction of sp³-hybridized carbons (Fsp3) is 0.379. The smallest absolute Gasteiger partial charge is 0.229 e. The minimum atomic E-state index is 0.127. The zero-order valence-corrected chi connectivity index (χ0v) is 21.6. The maximum Gasteiger partial charge on any atom is 0.229 e. The van der Waals surface area contributed by atoms with Gasteiger partial charge in [0.25, 0.3) is 0 Å². The topological polar surface area (TPSA) is 96.0 Å². The first-order valence-corrected chi connectivity index (χ1v) is 14.4. The van der Waals surface area contributed by atoms with Crippen LogP contribution in [-0.4, -0.2) is 27.4 Å². The quantitative estimate of drug-likeness (QED) is 0.351. The van der Waals surface area contributed by atoms with E-state index in [1.54, 1.807) is 0 Å². The lowest BCUT2D eigenvalue weighted by molar-refractivity contribution is -0.119. The average Bonchev–Trinajstić information content (AvgIpc) is 3.45. The lowest BCUT2D eigenvalue weighted by Crippen LogP contribution is -2.20. The maximum absolute atomic E-state index is 12.5. The number of nitrogens with one attached hydrogen (secondary N) is 3. The molecule has 0 saturated heterocycles. The van der Waals surface area contributed by atoms with Crippen molar-refractivity contribution in [3.63, 3.8) is 0 Å². The number of aromatic nitrogens is 2. The van der Waals surface area contributed by atoms with Crippen LogP contribution in [0.1, 0.15) is 65.7 Å². The zero-order valence-electron chi connectivity index (χ0n) is 20.8. The van der Waals surface area contributed by atoms with E-state index in [1.807, 2.05) is 48.2 Å². The molecule has 0 spiro atoms. The van der Waals surface area contributed by atoms with Crippen LogP contribution in [0.25, 0.3) is 0 Å². The molecule has 2 heterocycles. The number of ketones is 1. The second kappa shape index (κ2) is 10.5. The average molecular weight is 514 g/mol. The lowest BCUT2D eigenvalue weighted by Gasteiger charge is -2.21. The van der Waals surface area contributed by atoms with Crippen LogP contribution in [0.2, 0.25) is 0 Å². The number of hydrogen-bond acceptors (Lipinski definition) is 7. The molecule has 37 heavy (non-hydrogen) atoms. The number of anilines is 5. The highest BCUT2D eigenvalue weighted by atomic mass is 32.2. The van der Waals surface area contributed by atoms with Crippen LogP contribution < -0.4 is 16.0 Å². The van der Waals surface area contributed by atoms with Gasteiger partial charge in [0, 0.05) is 46.3 Å². The van der Waals surface area contributed by atoms with Gasteiger partial charge in [0.2, 0.25) is 11.9 Å². The molecule has 3 N–H and O–H groups in total. The Balaban J connectivity index is 1.21. The van der Waals surface area contributed by atoms with Gasteiger partial charge in [-0.3, -0.25) is 9.59 Å². The monoisotopic (exact) mass is 513 g/mol. The van der Waals surface area contributed by atoms with E-state index in [0.717, 1.165) is 102 Å². The summed E-state index contributed by atoms with van der Waals surface area (Å²) in [5, 5.41) is 9.92. The molecule has 8 heteroatoms. The molecule has 0 unspecified atom stereocenters. The highest BCUT2D eigenvalue weighted by Gasteiger charge is 2.23. The normalized spacial score (nSPS) is 17.1. The second-order valence-electron chi connectivity index (χ2n) is 10.1. The van der Waals surface area contributed by atoms with E-state index in [-0.39, 0.29) is 17.6 Å². The summed E-state index contributed by atoms with van der Waals surface area (Å²) in [4.78, 5) is 34.3. The fourth-order valence-corrected chi connectivity index (χ4v) is 6.44. The Kier molecular flexibility index (Phi) is 6.83. The molecule has 2 aliphatic carbocycles. The van der Waals surface area contributed by atoms with Crippen molar-refractivity contribution in [1.82, 2.24) is 9.97 Å². The van der Waals surface area contributed by atoms with Crippen molar-refractivity contribution in [3.05, 3.63) is 64.8 Å². The zero-order chi connectivity index (χ0) is 25.2.